The lowest BCUT2D eigenvalue weighted by Gasteiger charge is -2.14. The molecule has 1 fully saturated rings. The standard InChI is InChI=1S/C27H38N2O6/c1-2-29-27(31)21-7-9-24(10-8-21)32-16-15-28-19-22(30)20-35-26-13-11-25(12-14-26)34-18-17-33-23-5-3-4-6-23/h7-14,22-23,28,30H,2-6,15-20H2,1H3,(H,29,31)/t22-/m0/s1. The summed E-state index contributed by atoms with van der Waals surface area (Å²) in [5.74, 6) is 2.05. The number of carbonyl (C=O) groups is 1. The maximum absolute atomic E-state index is 11.8. The highest BCUT2D eigenvalue weighted by atomic mass is 16.5. The fraction of sp³-hybridized carbons (Fsp3) is 0.519. The van der Waals surface area contributed by atoms with E-state index in [9.17, 15) is 9.90 Å². The summed E-state index contributed by atoms with van der Waals surface area (Å²) in [6.07, 6.45) is 4.62. The minimum atomic E-state index is -0.643. The minimum absolute atomic E-state index is 0.0962. The highest BCUT2D eigenvalue weighted by Gasteiger charge is 2.14. The van der Waals surface area contributed by atoms with Crippen molar-refractivity contribution in [1.82, 2.24) is 10.6 Å². The smallest absolute Gasteiger partial charge is 0.251 e. The molecule has 35 heavy (non-hydrogen) atoms. The topological polar surface area (TPSA) is 98.3 Å². The first-order valence-corrected chi connectivity index (χ1v) is 12.5. The van der Waals surface area contributed by atoms with E-state index in [4.69, 9.17) is 18.9 Å². The number of carbonyl (C=O) groups excluding carboxylic acids is 1. The van der Waals surface area contributed by atoms with Crippen LogP contribution in [0.15, 0.2) is 48.5 Å². The van der Waals surface area contributed by atoms with Crippen LogP contribution in [0.1, 0.15) is 43.0 Å². The summed E-state index contributed by atoms with van der Waals surface area (Å²) in [5, 5.41) is 16.0. The number of hydrogen-bond acceptors (Lipinski definition) is 7. The molecule has 1 aliphatic rings. The number of amides is 1. The van der Waals surface area contributed by atoms with Gasteiger partial charge >= 0.3 is 0 Å². The van der Waals surface area contributed by atoms with Gasteiger partial charge in [0.1, 0.15) is 43.2 Å². The fourth-order valence-corrected chi connectivity index (χ4v) is 3.79. The van der Waals surface area contributed by atoms with Crippen LogP contribution >= 0.6 is 0 Å². The lowest BCUT2D eigenvalue weighted by atomic mass is 10.2. The van der Waals surface area contributed by atoms with Crippen LogP contribution in [0.2, 0.25) is 0 Å². The maximum Gasteiger partial charge on any atom is 0.251 e. The average Bonchev–Trinajstić information content (AvgIpc) is 3.40. The predicted molar refractivity (Wildman–Crippen MR) is 134 cm³/mol. The molecule has 0 spiro atoms. The molecule has 0 bridgehead atoms. The number of hydrogen-bond donors (Lipinski definition) is 3. The van der Waals surface area contributed by atoms with E-state index < -0.39 is 6.10 Å². The van der Waals surface area contributed by atoms with Crippen LogP contribution in [-0.4, -0.2) is 69.3 Å². The van der Waals surface area contributed by atoms with Gasteiger partial charge in [0.25, 0.3) is 5.91 Å². The molecule has 0 aromatic heterocycles. The molecule has 1 aliphatic carbocycles. The molecule has 2 aromatic carbocycles. The lowest BCUT2D eigenvalue weighted by molar-refractivity contribution is 0.0382. The molecule has 192 valence electrons. The van der Waals surface area contributed by atoms with Gasteiger partial charge in [-0.1, -0.05) is 12.8 Å². The Labute approximate surface area is 207 Å². The normalized spacial score (nSPS) is 14.5. The van der Waals surface area contributed by atoms with E-state index in [1.165, 1.54) is 12.8 Å². The predicted octanol–water partition coefficient (Wildman–Crippen LogP) is 3.18. The third kappa shape index (κ3) is 10.1. The molecular formula is C27H38N2O6. The summed E-state index contributed by atoms with van der Waals surface area (Å²) in [7, 11) is 0. The zero-order valence-corrected chi connectivity index (χ0v) is 20.5. The molecule has 0 aliphatic heterocycles. The van der Waals surface area contributed by atoms with Crippen molar-refractivity contribution in [3.63, 3.8) is 0 Å². The number of aliphatic hydroxyl groups excluding tert-OH is 1. The zero-order valence-electron chi connectivity index (χ0n) is 20.5. The van der Waals surface area contributed by atoms with Gasteiger partial charge in [0, 0.05) is 25.2 Å². The number of benzene rings is 2. The summed E-state index contributed by atoms with van der Waals surface area (Å²) in [6, 6.07) is 14.4. The fourth-order valence-electron chi connectivity index (χ4n) is 3.79. The first-order valence-electron chi connectivity index (χ1n) is 12.5. The van der Waals surface area contributed by atoms with Crippen molar-refractivity contribution >= 4 is 5.91 Å². The molecule has 8 nitrogen and oxygen atoms in total. The van der Waals surface area contributed by atoms with Gasteiger partial charge in [0.05, 0.1) is 12.7 Å². The monoisotopic (exact) mass is 486 g/mol. The summed E-state index contributed by atoms with van der Waals surface area (Å²) in [6.45, 7) is 5.22. The van der Waals surface area contributed by atoms with Crippen molar-refractivity contribution in [2.75, 3.05) is 46.1 Å². The molecule has 1 amide bonds. The van der Waals surface area contributed by atoms with Crippen LogP contribution < -0.4 is 24.8 Å². The molecule has 0 unspecified atom stereocenters. The third-order valence-electron chi connectivity index (χ3n) is 5.66. The largest absolute Gasteiger partial charge is 0.492 e. The van der Waals surface area contributed by atoms with E-state index >= 15 is 0 Å². The first kappa shape index (κ1) is 26.8. The van der Waals surface area contributed by atoms with Gasteiger partial charge in [0.15, 0.2) is 0 Å². The van der Waals surface area contributed by atoms with Crippen LogP contribution in [-0.2, 0) is 4.74 Å². The van der Waals surface area contributed by atoms with Crippen molar-refractivity contribution in [2.45, 2.75) is 44.8 Å². The van der Waals surface area contributed by atoms with Gasteiger partial charge < -0.3 is 34.7 Å². The van der Waals surface area contributed by atoms with Crippen molar-refractivity contribution in [3.05, 3.63) is 54.1 Å². The SMILES string of the molecule is CCNC(=O)c1ccc(OCCNC[C@H](O)COc2ccc(OCCOC3CCCC3)cc2)cc1. The Balaban J connectivity index is 1.22. The van der Waals surface area contributed by atoms with Crippen LogP contribution in [0.4, 0.5) is 0 Å². The highest BCUT2D eigenvalue weighted by molar-refractivity contribution is 5.94. The second-order valence-electron chi connectivity index (χ2n) is 8.50. The van der Waals surface area contributed by atoms with E-state index in [1.807, 2.05) is 31.2 Å². The van der Waals surface area contributed by atoms with Crippen molar-refractivity contribution in [2.24, 2.45) is 0 Å². The quantitative estimate of drug-likeness (QED) is 0.314. The van der Waals surface area contributed by atoms with E-state index in [2.05, 4.69) is 10.6 Å². The van der Waals surface area contributed by atoms with Crippen LogP contribution in [0.5, 0.6) is 17.2 Å². The number of aliphatic hydroxyl groups is 1. The van der Waals surface area contributed by atoms with Gasteiger partial charge in [-0.25, -0.2) is 0 Å². The molecule has 2 aromatic rings. The highest BCUT2D eigenvalue weighted by Crippen LogP contribution is 2.21. The summed E-state index contributed by atoms with van der Waals surface area (Å²) < 4.78 is 22.8. The molecule has 3 rings (SSSR count). The van der Waals surface area contributed by atoms with E-state index in [1.54, 1.807) is 24.3 Å². The van der Waals surface area contributed by atoms with Gasteiger partial charge in [-0.05, 0) is 68.3 Å². The number of ether oxygens (including phenoxy) is 4. The molecule has 3 N–H and O–H groups in total. The zero-order chi connectivity index (χ0) is 24.7. The minimum Gasteiger partial charge on any atom is -0.492 e. The Hall–Kier alpha value is -2.81. The van der Waals surface area contributed by atoms with Crippen molar-refractivity contribution < 1.29 is 28.8 Å². The van der Waals surface area contributed by atoms with Crippen LogP contribution in [0.25, 0.3) is 0 Å². The van der Waals surface area contributed by atoms with Crippen LogP contribution in [0, 0.1) is 0 Å². The Kier molecular flexibility index (Phi) is 11.7. The number of rotatable bonds is 16. The average molecular weight is 487 g/mol. The molecule has 0 saturated heterocycles. The first-order chi connectivity index (χ1) is 17.1. The van der Waals surface area contributed by atoms with Gasteiger partial charge in [-0.2, -0.15) is 0 Å². The van der Waals surface area contributed by atoms with E-state index in [-0.39, 0.29) is 12.5 Å². The molecule has 1 atom stereocenters. The summed E-state index contributed by atoms with van der Waals surface area (Å²) in [4.78, 5) is 11.8. The van der Waals surface area contributed by atoms with Crippen LogP contribution in [0.3, 0.4) is 0 Å². The second kappa shape index (κ2) is 15.2. The van der Waals surface area contributed by atoms with Crippen molar-refractivity contribution in [3.8, 4) is 17.2 Å². The Morgan fingerprint density at radius 1 is 0.914 bits per heavy atom. The molecule has 0 heterocycles. The molecule has 8 heteroatoms. The van der Waals surface area contributed by atoms with Gasteiger partial charge in [-0.15, -0.1) is 0 Å². The summed E-state index contributed by atoms with van der Waals surface area (Å²) in [5.41, 5.74) is 0.603. The molecule has 0 radical (unpaired) electrons. The van der Waals surface area contributed by atoms with Crippen molar-refractivity contribution in [1.29, 1.82) is 0 Å². The maximum atomic E-state index is 11.8. The Morgan fingerprint density at radius 3 is 2.17 bits per heavy atom. The van der Waals surface area contributed by atoms with Gasteiger partial charge in [0.2, 0.25) is 0 Å². The lowest BCUT2D eigenvalue weighted by Crippen LogP contribution is -2.33. The Morgan fingerprint density at radius 2 is 1.51 bits per heavy atom. The van der Waals surface area contributed by atoms with E-state index in [0.717, 1.165) is 18.6 Å². The Bertz CT molecular complexity index is 853. The van der Waals surface area contributed by atoms with Gasteiger partial charge in [-0.3, -0.25) is 4.79 Å². The summed E-state index contributed by atoms with van der Waals surface area (Å²) >= 11 is 0. The molecular weight excluding hydrogens is 448 g/mol. The van der Waals surface area contributed by atoms with E-state index in [0.29, 0.717) is 62.6 Å². The molecule has 1 saturated carbocycles. The second-order valence-corrected chi connectivity index (χ2v) is 8.50. The number of nitrogens with one attached hydrogen (secondary N) is 2. The third-order valence-corrected chi connectivity index (χ3v) is 5.66.